The Bertz CT molecular complexity index is 1480. The Kier molecular flexibility index (Phi) is 14.8. The van der Waals surface area contributed by atoms with Crippen molar-refractivity contribution in [2.24, 2.45) is 0 Å². The summed E-state index contributed by atoms with van der Waals surface area (Å²) in [5.74, 6) is -1.60. The molecule has 0 saturated heterocycles. The minimum atomic E-state index is -0.684. The molecule has 0 saturated carbocycles. The molecule has 0 aliphatic carbocycles. The number of aromatic nitrogens is 4. The number of rotatable bonds is 12. The van der Waals surface area contributed by atoms with E-state index in [2.05, 4.69) is 19.9 Å². The summed E-state index contributed by atoms with van der Waals surface area (Å²) in [7, 11) is 3.93. The Hall–Kier alpha value is -4.83. The molecule has 0 aliphatic heterocycles. The molecule has 0 radical (unpaired) electrons. The van der Waals surface area contributed by atoms with Gasteiger partial charge in [0, 0.05) is 62.6 Å². The Morgan fingerprint density at radius 2 is 1.21 bits per heavy atom. The maximum atomic E-state index is 13.3. The Morgan fingerprint density at radius 3 is 1.86 bits per heavy atom. The normalized spacial score (nSPS) is 10.1. The fourth-order valence-corrected chi connectivity index (χ4v) is 3.78. The lowest BCUT2D eigenvalue weighted by molar-refractivity contribution is 0.0907. The summed E-state index contributed by atoms with van der Waals surface area (Å²) in [6.07, 6.45) is 6.01. The van der Waals surface area contributed by atoms with E-state index in [4.69, 9.17) is 0 Å². The molecular weight excluding hydrogens is 549 g/mol. The largest absolute Gasteiger partial charge is 0.305 e. The second-order valence-corrected chi connectivity index (χ2v) is 9.21. The van der Waals surface area contributed by atoms with Crippen LogP contribution in [0.5, 0.6) is 0 Å². The highest BCUT2D eigenvalue weighted by Gasteiger charge is 2.17. The highest BCUT2D eigenvalue weighted by Crippen LogP contribution is 2.15. The molecular formula is C33H36FN5O4. The second-order valence-electron chi connectivity index (χ2n) is 9.21. The lowest BCUT2D eigenvalue weighted by Gasteiger charge is -2.13. The summed E-state index contributed by atoms with van der Waals surface area (Å²) in [5.41, 5.74) is 1.86. The van der Waals surface area contributed by atoms with Gasteiger partial charge in [0.1, 0.15) is 11.4 Å². The average molecular weight is 586 g/mol. The lowest BCUT2D eigenvalue weighted by Crippen LogP contribution is -2.15. The first-order valence-corrected chi connectivity index (χ1v) is 13.9. The molecule has 4 aromatic rings. The smallest absolute Gasteiger partial charge is 0.200 e. The first-order chi connectivity index (χ1) is 20.8. The van der Waals surface area contributed by atoms with Crippen LogP contribution < -0.4 is 0 Å². The molecule has 3 heterocycles. The standard InChI is InChI=1S/C18H20N2O2.C13H10FN3O2.C2H6/c1-20(2)13-14-7-3-4-8-15(14)17(21)10-11-18(22)16-9-5-6-12-19-16;14-9-3-1-6-15-12(9)10(18)4-5-11(19)13-16-7-2-8-17-13;1-2/h3-9,12H,10-11,13H2,1-2H3;1-3,6-8H,4-5H2;1-2H3. The van der Waals surface area contributed by atoms with E-state index in [1.165, 1.54) is 24.7 Å². The molecule has 0 aliphatic rings. The lowest BCUT2D eigenvalue weighted by atomic mass is 9.99. The molecule has 0 amide bonds. The molecule has 9 nitrogen and oxygen atoms in total. The number of carbonyl (C=O) groups excluding carboxylic acids is 4. The number of benzene rings is 1. The molecule has 0 atom stereocenters. The van der Waals surface area contributed by atoms with Crippen molar-refractivity contribution in [3.63, 3.8) is 0 Å². The van der Waals surface area contributed by atoms with E-state index in [1.807, 2.05) is 57.1 Å². The van der Waals surface area contributed by atoms with E-state index in [9.17, 15) is 23.6 Å². The molecule has 3 aromatic heterocycles. The fourth-order valence-electron chi connectivity index (χ4n) is 3.78. The predicted molar refractivity (Wildman–Crippen MR) is 161 cm³/mol. The third kappa shape index (κ3) is 11.5. The van der Waals surface area contributed by atoms with E-state index in [-0.39, 0.29) is 54.6 Å². The highest BCUT2D eigenvalue weighted by atomic mass is 19.1. The van der Waals surface area contributed by atoms with Gasteiger partial charge in [-0.2, -0.15) is 0 Å². The molecule has 0 spiro atoms. The Labute approximate surface area is 251 Å². The number of ketones is 4. The maximum absolute atomic E-state index is 13.3. The SMILES string of the molecule is CC.CN(C)Cc1ccccc1C(=O)CCC(=O)c1ccccn1.O=C(CCC(=O)c1ncccc1F)c1ncccn1. The average Bonchev–Trinajstić information content (AvgIpc) is 3.04. The van der Waals surface area contributed by atoms with Gasteiger partial charge in [0.05, 0.1) is 0 Å². The van der Waals surface area contributed by atoms with E-state index < -0.39 is 11.6 Å². The third-order valence-electron chi connectivity index (χ3n) is 5.75. The minimum absolute atomic E-state index is 0.00160. The summed E-state index contributed by atoms with van der Waals surface area (Å²) >= 11 is 0. The van der Waals surface area contributed by atoms with Crippen LogP contribution in [0.3, 0.4) is 0 Å². The van der Waals surface area contributed by atoms with Crippen molar-refractivity contribution in [2.45, 2.75) is 46.1 Å². The van der Waals surface area contributed by atoms with Gasteiger partial charge in [-0.3, -0.25) is 29.1 Å². The number of halogens is 1. The first-order valence-electron chi connectivity index (χ1n) is 13.9. The van der Waals surface area contributed by atoms with Crippen LogP contribution in [0, 0.1) is 5.82 Å². The molecule has 10 heteroatoms. The summed E-state index contributed by atoms with van der Waals surface area (Å²) in [6, 6.07) is 16.9. The number of hydrogen-bond donors (Lipinski definition) is 0. The zero-order chi connectivity index (χ0) is 31.6. The van der Waals surface area contributed by atoms with Crippen LogP contribution in [0.2, 0.25) is 0 Å². The number of nitrogens with zero attached hydrogens (tertiary/aromatic N) is 5. The van der Waals surface area contributed by atoms with Crippen LogP contribution in [-0.4, -0.2) is 62.1 Å². The molecule has 4 rings (SSSR count). The fraction of sp³-hybridized carbons (Fsp3) is 0.273. The van der Waals surface area contributed by atoms with Gasteiger partial charge in [-0.05, 0) is 50.0 Å². The van der Waals surface area contributed by atoms with Crippen LogP contribution in [0.4, 0.5) is 4.39 Å². The molecule has 43 heavy (non-hydrogen) atoms. The van der Waals surface area contributed by atoms with Gasteiger partial charge in [-0.15, -0.1) is 0 Å². The maximum Gasteiger partial charge on any atom is 0.200 e. The second kappa shape index (κ2) is 18.6. The summed E-state index contributed by atoms with van der Waals surface area (Å²) in [5, 5.41) is 0. The minimum Gasteiger partial charge on any atom is -0.305 e. The van der Waals surface area contributed by atoms with Crippen LogP contribution >= 0.6 is 0 Å². The van der Waals surface area contributed by atoms with E-state index in [1.54, 1.807) is 30.5 Å². The van der Waals surface area contributed by atoms with Crippen LogP contribution in [0.1, 0.15) is 87.0 Å². The van der Waals surface area contributed by atoms with E-state index in [0.717, 1.165) is 11.6 Å². The van der Waals surface area contributed by atoms with Crippen molar-refractivity contribution in [3.05, 3.63) is 120 Å². The topological polar surface area (TPSA) is 123 Å². The zero-order valence-electron chi connectivity index (χ0n) is 24.9. The van der Waals surface area contributed by atoms with Gasteiger partial charge < -0.3 is 4.90 Å². The van der Waals surface area contributed by atoms with Gasteiger partial charge in [0.2, 0.25) is 0 Å². The molecule has 1 aromatic carbocycles. The number of carbonyl (C=O) groups is 4. The van der Waals surface area contributed by atoms with Gasteiger partial charge in [-0.25, -0.2) is 14.4 Å². The number of hydrogen-bond acceptors (Lipinski definition) is 9. The zero-order valence-corrected chi connectivity index (χ0v) is 24.9. The van der Waals surface area contributed by atoms with Crippen molar-refractivity contribution in [2.75, 3.05) is 14.1 Å². The summed E-state index contributed by atoms with van der Waals surface area (Å²) in [4.78, 5) is 65.1. The van der Waals surface area contributed by atoms with Crippen LogP contribution in [0.15, 0.2) is 85.5 Å². The highest BCUT2D eigenvalue weighted by molar-refractivity contribution is 6.02. The van der Waals surface area contributed by atoms with Gasteiger partial charge in [-0.1, -0.05) is 44.2 Å². The van der Waals surface area contributed by atoms with Crippen LogP contribution in [-0.2, 0) is 6.54 Å². The van der Waals surface area contributed by atoms with Crippen molar-refractivity contribution < 1.29 is 23.6 Å². The van der Waals surface area contributed by atoms with E-state index in [0.29, 0.717) is 17.8 Å². The monoisotopic (exact) mass is 585 g/mol. The molecule has 0 N–H and O–H groups in total. The molecule has 224 valence electrons. The molecule has 0 fully saturated rings. The van der Waals surface area contributed by atoms with Gasteiger partial charge in [0.25, 0.3) is 0 Å². The van der Waals surface area contributed by atoms with E-state index >= 15 is 0 Å². The van der Waals surface area contributed by atoms with Crippen molar-refractivity contribution >= 4 is 23.1 Å². The molecule has 0 unspecified atom stereocenters. The van der Waals surface area contributed by atoms with Gasteiger partial charge in [0.15, 0.2) is 34.8 Å². The summed E-state index contributed by atoms with van der Waals surface area (Å²) in [6.45, 7) is 4.70. The molecule has 0 bridgehead atoms. The van der Waals surface area contributed by atoms with Gasteiger partial charge >= 0.3 is 0 Å². The third-order valence-corrected chi connectivity index (χ3v) is 5.75. The van der Waals surface area contributed by atoms with Crippen molar-refractivity contribution in [3.8, 4) is 0 Å². The van der Waals surface area contributed by atoms with Crippen LogP contribution in [0.25, 0.3) is 0 Å². The summed E-state index contributed by atoms with van der Waals surface area (Å²) < 4.78 is 13.3. The first kappa shape index (κ1) is 34.4. The van der Waals surface area contributed by atoms with Crippen molar-refractivity contribution in [1.82, 2.24) is 24.8 Å². The predicted octanol–water partition coefficient (Wildman–Crippen LogP) is 5.87. The number of Topliss-reactive ketones (excluding diaryl/α,β-unsaturated/α-hetero) is 4. The quantitative estimate of drug-likeness (QED) is 0.188. The number of pyridine rings is 2. The van der Waals surface area contributed by atoms with Crippen molar-refractivity contribution in [1.29, 1.82) is 0 Å². The Balaban J connectivity index is 0.000000286. The Morgan fingerprint density at radius 1 is 0.628 bits per heavy atom.